The molecule has 4 nitrogen and oxygen atoms in total. The van der Waals surface area contributed by atoms with Crippen LogP contribution in [0.5, 0.6) is 0 Å². The third kappa shape index (κ3) is 5.02. The molecule has 1 aliphatic carbocycles. The molecule has 178 valence electrons. The third-order valence-electron chi connectivity index (χ3n) is 6.37. The molecular formula is C29H28F2N4. The van der Waals surface area contributed by atoms with Gasteiger partial charge >= 0.3 is 0 Å². The number of benzene rings is 2. The van der Waals surface area contributed by atoms with E-state index < -0.39 is 12.0 Å². The van der Waals surface area contributed by atoms with E-state index in [0.29, 0.717) is 30.8 Å². The molecule has 2 aliphatic heterocycles. The Morgan fingerprint density at radius 2 is 1.60 bits per heavy atom. The van der Waals surface area contributed by atoms with Crippen molar-refractivity contribution in [3.8, 4) is 22.5 Å². The maximum Gasteiger partial charge on any atom is 0.159 e. The summed E-state index contributed by atoms with van der Waals surface area (Å²) in [6.45, 7) is 0.671. The summed E-state index contributed by atoms with van der Waals surface area (Å²) in [5.74, 6) is -0.469. The number of hydrogen-bond acceptors (Lipinski definition) is 3. The number of halogens is 2. The molecule has 0 radical (unpaired) electrons. The van der Waals surface area contributed by atoms with Crippen molar-refractivity contribution in [3.05, 3.63) is 96.4 Å². The number of hydrogen-bond donors (Lipinski definition) is 0. The molecule has 5 rings (SSSR count). The van der Waals surface area contributed by atoms with Crippen molar-refractivity contribution in [2.45, 2.75) is 32.0 Å². The summed E-state index contributed by atoms with van der Waals surface area (Å²) in [6, 6.07) is 18.9. The summed E-state index contributed by atoms with van der Waals surface area (Å²) < 4.78 is 30.9. The van der Waals surface area contributed by atoms with Crippen LogP contribution in [0.1, 0.15) is 30.7 Å². The number of rotatable bonds is 5. The van der Waals surface area contributed by atoms with Crippen molar-refractivity contribution in [2.75, 3.05) is 19.0 Å². The maximum absolute atomic E-state index is 14.7. The number of fused-ring (bicyclic) bond motifs is 1. The Morgan fingerprint density at radius 1 is 0.914 bits per heavy atom. The van der Waals surface area contributed by atoms with Gasteiger partial charge in [0.2, 0.25) is 0 Å². The van der Waals surface area contributed by atoms with Crippen LogP contribution in [0.25, 0.3) is 28.1 Å². The van der Waals surface area contributed by atoms with Crippen LogP contribution < -0.4 is 4.90 Å². The summed E-state index contributed by atoms with van der Waals surface area (Å²) in [7, 11) is 4.07. The van der Waals surface area contributed by atoms with Crippen molar-refractivity contribution in [1.29, 1.82) is 0 Å². The van der Waals surface area contributed by atoms with Gasteiger partial charge in [0, 0.05) is 44.3 Å². The van der Waals surface area contributed by atoms with Crippen LogP contribution in [-0.2, 0) is 6.54 Å². The molecule has 0 saturated heterocycles. The molecule has 0 amide bonds. The normalized spacial score (nSPS) is 19.4. The fourth-order valence-electron chi connectivity index (χ4n) is 4.32. The van der Waals surface area contributed by atoms with Gasteiger partial charge < -0.3 is 9.47 Å². The van der Waals surface area contributed by atoms with Crippen LogP contribution in [0.3, 0.4) is 0 Å². The Hall–Kier alpha value is -3.80. The lowest BCUT2D eigenvalue weighted by molar-refractivity contribution is 0.311. The van der Waals surface area contributed by atoms with E-state index in [1.165, 1.54) is 16.8 Å². The van der Waals surface area contributed by atoms with Crippen molar-refractivity contribution >= 4 is 11.3 Å². The number of anilines is 1. The van der Waals surface area contributed by atoms with Crippen LogP contribution in [0.15, 0.2) is 85.0 Å². The third-order valence-corrected chi connectivity index (χ3v) is 6.37. The fraction of sp³-hybridized carbons (Fsp3) is 0.241. The molecule has 2 aromatic carbocycles. The molecule has 2 aromatic rings. The van der Waals surface area contributed by atoms with E-state index >= 15 is 0 Å². The predicted octanol–water partition coefficient (Wildman–Crippen LogP) is 6.92. The molecule has 0 aromatic heterocycles. The van der Waals surface area contributed by atoms with Crippen molar-refractivity contribution in [2.24, 2.45) is 0 Å². The minimum Gasteiger partial charge on any atom is -0.378 e. The highest BCUT2D eigenvalue weighted by Gasteiger charge is 2.23. The molecular weight excluding hydrogens is 442 g/mol. The van der Waals surface area contributed by atoms with E-state index in [9.17, 15) is 8.78 Å². The first-order valence-electron chi connectivity index (χ1n) is 11.9. The number of allylic oxidation sites excluding steroid dienone is 4. The van der Waals surface area contributed by atoms with Crippen molar-refractivity contribution < 1.29 is 8.78 Å². The van der Waals surface area contributed by atoms with Gasteiger partial charge in [0.05, 0.1) is 5.69 Å². The first kappa shape index (κ1) is 23.0. The summed E-state index contributed by atoms with van der Waals surface area (Å²) in [5, 5.41) is 0. The highest BCUT2D eigenvalue weighted by Crippen LogP contribution is 2.32. The quantitative estimate of drug-likeness (QED) is 0.297. The maximum atomic E-state index is 14.7. The highest BCUT2D eigenvalue weighted by molar-refractivity contribution is 5.69. The zero-order chi connectivity index (χ0) is 24.4. The molecule has 1 atom stereocenters. The smallest absolute Gasteiger partial charge is 0.159 e. The molecule has 2 heterocycles. The van der Waals surface area contributed by atoms with Crippen LogP contribution >= 0.6 is 0 Å². The fourth-order valence-corrected chi connectivity index (χ4v) is 4.32. The second-order valence-corrected chi connectivity index (χ2v) is 9.12. The molecule has 0 fully saturated rings. The van der Waals surface area contributed by atoms with Gasteiger partial charge in [0.25, 0.3) is 0 Å². The van der Waals surface area contributed by atoms with Crippen molar-refractivity contribution in [3.63, 3.8) is 0 Å². The first-order valence-corrected chi connectivity index (χ1v) is 11.9. The number of aromatic nitrogens is 3. The molecule has 35 heavy (non-hydrogen) atoms. The predicted molar refractivity (Wildman–Crippen MR) is 138 cm³/mol. The summed E-state index contributed by atoms with van der Waals surface area (Å²) in [4.78, 5) is 11.1. The van der Waals surface area contributed by atoms with Gasteiger partial charge in [0.15, 0.2) is 12.0 Å². The average molecular weight is 471 g/mol. The average Bonchev–Trinajstić information content (AvgIpc) is 3.28. The number of alkyl halides is 1. The number of imidazole rings is 1. The topological polar surface area (TPSA) is 34.0 Å². The van der Waals surface area contributed by atoms with Gasteiger partial charge in [-0.1, -0.05) is 48.6 Å². The van der Waals surface area contributed by atoms with Crippen LogP contribution in [0.2, 0.25) is 0 Å². The Kier molecular flexibility index (Phi) is 6.45. The van der Waals surface area contributed by atoms with Gasteiger partial charge in [-0.25, -0.2) is 18.7 Å². The molecule has 6 heteroatoms. The Morgan fingerprint density at radius 3 is 2.31 bits per heavy atom. The van der Waals surface area contributed by atoms with Gasteiger partial charge in [-0.15, -0.1) is 0 Å². The van der Waals surface area contributed by atoms with Crippen LogP contribution in [0, 0.1) is 0 Å². The molecule has 0 N–H and O–H groups in total. The Bertz CT molecular complexity index is 1330. The zero-order valence-electron chi connectivity index (χ0n) is 20.0. The van der Waals surface area contributed by atoms with E-state index in [2.05, 4.69) is 63.4 Å². The number of nitrogens with zero attached hydrogens (tertiary/aromatic N) is 4. The van der Waals surface area contributed by atoms with Gasteiger partial charge in [-0.3, -0.25) is 0 Å². The second-order valence-electron chi connectivity index (χ2n) is 9.12. The standard InChI is InChI=1S/C29H28F2N4/c1-34(2)23-14-12-22(13-15-23)21-10-8-20(9-11-21)18-35-17-16-26-27(19-35)33-29(32-26)24-6-4-3-5-7-25(30)28(24)31/h3-4,8-17,19,25H,5-7,18H2,1-2H3/b4-3-,28-24-. The molecule has 0 bridgehead atoms. The summed E-state index contributed by atoms with van der Waals surface area (Å²) >= 11 is 0. The lowest BCUT2D eigenvalue weighted by atomic mass is 10.0. The minimum atomic E-state index is -1.60. The van der Waals surface area contributed by atoms with Gasteiger partial charge in [-0.05, 0) is 54.2 Å². The Balaban J connectivity index is 1.35. The Labute approximate surface area is 204 Å². The molecule has 1 unspecified atom stereocenters. The summed E-state index contributed by atoms with van der Waals surface area (Å²) in [5.41, 5.74) is 6.26. The summed E-state index contributed by atoms with van der Waals surface area (Å²) in [6.07, 6.45) is 6.98. The van der Waals surface area contributed by atoms with Gasteiger partial charge in [-0.2, -0.15) is 0 Å². The second kappa shape index (κ2) is 9.82. The van der Waals surface area contributed by atoms with Crippen LogP contribution in [0.4, 0.5) is 14.5 Å². The van der Waals surface area contributed by atoms with E-state index in [1.807, 2.05) is 49.3 Å². The largest absolute Gasteiger partial charge is 0.378 e. The van der Waals surface area contributed by atoms with E-state index in [1.54, 1.807) is 0 Å². The van der Waals surface area contributed by atoms with E-state index in [-0.39, 0.29) is 17.8 Å². The van der Waals surface area contributed by atoms with Crippen molar-refractivity contribution in [1.82, 2.24) is 14.5 Å². The lowest BCUT2D eigenvalue weighted by Gasteiger charge is -2.13. The highest BCUT2D eigenvalue weighted by atomic mass is 19.2. The SMILES string of the molecule is CN(C)c1ccc(-c2ccc(Cn3ccc4nc(/C5=C(\F)C(F)CC/C=C\C5)nc-4c3)cc2)cc1. The molecule has 0 saturated carbocycles. The zero-order valence-corrected chi connectivity index (χ0v) is 20.0. The number of pyridine rings is 1. The lowest BCUT2D eigenvalue weighted by Crippen LogP contribution is -2.07. The monoisotopic (exact) mass is 470 g/mol. The van der Waals surface area contributed by atoms with E-state index in [4.69, 9.17) is 0 Å². The molecule has 3 aliphatic rings. The molecule has 0 spiro atoms. The van der Waals surface area contributed by atoms with E-state index in [0.717, 1.165) is 5.56 Å². The van der Waals surface area contributed by atoms with Crippen LogP contribution in [-0.4, -0.2) is 34.8 Å². The first-order chi connectivity index (χ1) is 17.0. The minimum absolute atomic E-state index is 0.145. The van der Waals surface area contributed by atoms with Gasteiger partial charge in [0.1, 0.15) is 11.5 Å².